The molecule has 0 spiro atoms. The van der Waals surface area contributed by atoms with Crippen LogP contribution in [-0.2, 0) is 36.7 Å². The van der Waals surface area contributed by atoms with Crippen molar-refractivity contribution < 1.29 is 47.6 Å². The minimum atomic E-state index is -4.36. The topological polar surface area (TPSA) is 89.1 Å². The van der Waals surface area contributed by atoms with E-state index in [4.69, 9.17) is 9.40 Å². The van der Waals surface area contributed by atoms with E-state index >= 15 is 0 Å². The predicted octanol–water partition coefficient (Wildman–Crippen LogP) is 12.5. The first-order valence-corrected chi connectivity index (χ1v) is 18.5. The third-order valence-electron chi connectivity index (χ3n) is 9.94. The van der Waals surface area contributed by atoms with Crippen LogP contribution in [-0.4, -0.2) is 32.0 Å². The van der Waals surface area contributed by atoms with E-state index < -0.39 is 11.6 Å². The fraction of sp³-hybridized carbons (Fsp3) is 0.455. The molecule has 293 valence electrons. The van der Waals surface area contributed by atoms with E-state index in [9.17, 15) is 23.1 Å². The molecule has 2 aromatic heterocycles. The Bertz CT molecular complexity index is 2070. The van der Waals surface area contributed by atoms with Gasteiger partial charge in [0.1, 0.15) is 5.52 Å². The Balaban J connectivity index is 0.000000418. The Labute approximate surface area is 331 Å². The van der Waals surface area contributed by atoms with Crippen LogP contribution in [0, 0.1) is 30.2 Å². The number of rotatable bonds is 11. The van der Waals surface area contributed by atoms with Crippen LogP contribution in [0.15, 0.2) is 71.0 Å². The second-order valence-electron chi connectivity index (χ2n) is 15.5. The van der Waals surface area contributed by atoms with Crippen LogP contribution in [0.25, 0.3) is 44.5 Å². The average Bonchev–Trinajstić information content (AvgIpc) is 3.49. The van der Waals surface area contributed by atoms with Crippen molar-refractivity contribution in [3.05, 3.63) is 89.6 Å². The van der Waals surface area contributed by atoms with E-state index in [1.807, 2.05) is 58.9 Å². The van der Waals surface area contributed by atoms with Crippen molar-refractivity contribution in [1.29, 1.82) is 0 Å². The molecule has 0 saturated heterocycles. The molecule has 0 atom stereocenters. The number of halogens is 3. The molecule has 1 radical (unpaired) electrons. The molecule has 0 bridgehead atoms. The molecule has 0 saturated carbocycles. The van der Waals surface area contributed by atoms with Crippen LogP contribution in [0.4, 0.5) is 13.2 Å². The zero-order valence-electron chi connectivity index (χ0n) is 33.0. The Morgan fingerprint density at radius 1 is 0.907 bits per heavy atom. The number of carbonyl (C=O) groups is 1. The molecule has 0 aliphatic heterocycles. The largest absolute Gasteiger partial charge is 0.512 e. The quantitative estimate of drug-likeness (QED) is 0.0806. The summed E-state index contributed by atoms with van der Waals surface area (Å²) in [5, 5.41) is 11.9. The zero-order chi connectivity index (χ0) is 39.3. The third kappa shape index (κ3) is 10.4. The Morgan fingerprint density at radius 2 is 1.54 bits per heavy atom. The normalized spacial score (nSPS) is 12.6. The molecule has 0 fully saturated rings. The van der Waals surface area contributed by atoms with Gasteiger partial charge in [0.2, 0.25) is 0 Å². The molecule has 54 heavy (non-hydrogen) atoms. The molecule has 0 amide bonds. The summed E-state index contributed by atoms with van der Waals surface area (Å²) in [7, 11) is 0. The number of aliphatic hydroxyl groups excluding tert-OH is 1. The number of hydrogen-bond acceptors (Lipinski definition) is 6. The zero-order valence-corrected chi connectivity index (χ0v) is 35.4. The number of oxazole rings is 1. The summed E-state index contributed by atoms with van der Waals surface area (Å²) in [5.74, 6) is 1.15. The van der Waals surface area contributed by atoms with Crippen molar-refractivity contribution in [1.82, 2.24) is 15.0 Å². The van der Waals surface area contributed by atoms with Gasteiger partial charge in [0.25, 0.3) is 0 Å². The summed E-state index contributed by atoms with van der Waals surface area (Å²) >= 11 is 0. The molecule has 0 aliphatic carbocycles. The van der Waals surface area contributed by atoms with E-state index in [1.165, 1.54) is 11.6 Å². The summed E-state index contributed by atoms with van der Waals surface area (Å²) in [6.45, 7) is 18.8. The van der Waals surface area contributed by atoms with Gasteiger partial charge >= 0.3 is 6.18 Å². The Morgan fingerprint density at radius 3 is 2.13 bits per heavy atom. The van der Waals surface area contributed by atoms with E-state index in [2.05, 4.69) is 48.9 Å². The van der Waals surface area contributed by atoms with Crippen LogP contribution in [0.2, 0.25) is 0 Å². The number of aliphatic hydroxyl groups is 1. The van der Waals surface area contributed by atoms with Gasteiger partial charge in [0, 0.05) is 56.2 Å². The number of benzene rings is 3. The van der Waals surface area contributed by atoms with Gasteiger partial charge in [-0.05, 0) is 55.7 Å². The number of nitrogens with zero attached hydrogens (tertiary/aromatic N) is 3. The summed E-state index contributed by atoms with van der Waals surface area (Å²) in [6.07, 6.45) is 1.98. The van der Waals surface area contributed by atoms with Crippen molar-refractivity contribution in [3.8, 4) is 22.6 Å². The number of aryl methyl sites for hydroxylation is 1. The van der Waals surface area contributed by atoms with Gasteiger partial charge in [0.15, 0.2) is 17.3 Å². The number of hydrogen-bond donors (Lipinski definition) is 1. The second-order valence-corrected chi connectivity index (χ2v) is 15.5. The molecular weight excluding hydrogens is 868 g/mol. The summed E-state index contributed by atoms with van der Waals surface area (Å²) in [6, 6.07) is 19.1. The average molecular weight is 921 g/mol. The van der Waals surface area contributed by atoms with Crippen LogP contribution in [0.3, 0.4) is 0 Å². The van der Waals surface area contributed by atoms with Gasteiger partial charge in [-0.3, -0.25) is 14.8 Å². The van der Waals surface area contributed by atoms with Gasteiger partial charge in [-0.1, -0.05) is 97.5 Å². The van der Waals surface area contributed by atoms with Crippen molar-refractivity contribution in [2.45, 2.75) is 113 Å². The fourth-order valence-corrected chi connectivity index (χ4v) is 6.29. The predicted molar refractivity (Wildman–Crippen MR) is 208 cm³/mol. The molecule has 0 aliphatic rings. The van der Waals surface area contributed by atoms with Crippen LogP contribution in [0.1, 0.15) is 105 Å². The molecular formula is C44H53F3IrN3O3-. The number of fused-ring (bicyclic) bond motifs is 2. The van der Waals surface area contributed by atoms with Crippen molar-refractivity contribution in [2.75, 3.05) is 0 Å². The van der Waals surface area contributed by atoms with E-state index in [1.54, 1.807) is 18.3 Å². The Hall–Kier alpha value is -3.88. The molecule has 2 heterocycles. The first-order valence-electron chi connectivity index (χ1n) is 18.5. The molecule has 3 aromatic carbocycles. The first-order chi connectivity index (χ1) is 24.8. The molecule has 6 nitrogen and oxygen atoms in total. The maximum absolute atomic E-state index is 13.4. The molecule has 0 unspecified atom stereocenters. The van der Waals surface area contributed by atoms with E-state index in [0.29, 0.717) is 22.6 Å². The minimum Gasteiger partial charge on any atom is -0.512 e. The van der Waals surface area contributed by atoms with Gasteiger partial charge in [0.05, 0.1) is 22.7 Å². The number of aromatic nitrogens is 3. The summed E-state index contributed by atoms with van der Waals surface area (Å²) in [4.78, 5) is 25.5. The number of allylic oxidation sites excluding steroid dienone is 2. The molecule has 5 aromatic rings. The van der Waals surface area contributed by atoms with Crippen LogP contribution < -0.4 is 0 Å². The molecule has 5 rings (SSSR count). The molecule has 1 N–H and O–H groups in total. The third-order valence-corrected chi connectivity index (χ3v) is 9.94. The first kappa shape index (κ1) is 44.5. The van der Waals surface area contributed by atoms with Crippen LogP contribution in [0.5, 0.6) is 0 Å². The smallest absolute Gasteiger partial charge is 0.394 e. The fourth-order valence-electron chi connectivity index (χ4n) is 6.29. The van der Waals surface area contributed by atoms with E-state index in [-0.39, 0.29) is 61.2 Å². The Kier molecular flexibility index (Phi) is 15.0. The minimum absolute atomic E-state index is 0. The maximum Gasteiger partial charge on any atom is 0.394 e. The summed E-state index contributed by atoms with van der Waals surface area (Å²) in [5.41, 5.74) is 3.22. The van der Waals surface area contributed by atoms with Crippen LogP contribution >= 0.6 is 0 Å². The number of carbonyl (C=O) groups excluding carboxylic acids is 1. The SMILES string of the molecule is CCC(CC)C(=O)/C=C(\O)C(CC)CC.Cc1cnc(-c2[c-]c3ccccc3c(C(C)(C)C)c2)nc1-c1ccc2nc(CC(C)(C)C(F)(F)F)oc2c1.[Ir]. The van der Waals surface area contributed by atoms with Crippen molar-refractivity contribution in [3.63, 3.8) is 0 Å². The van der Waals surface area contributed by atoms with Gasteiger partial charge in [-0.25, -0.2) is 4.98 Å². The van der Waals surface area contributed by atoms with E-state index in [0.717, 1.165) is 67.0 Å². The van der Waals surface area contributed by atoms with Gasteiger partial charge in [-0.15, -0.1) is 29.1 Å². The van der Waals surface area contributed by atoms with Gasteiger partial charge < -0.3 is 9.52 Å². The van der Waals surface area contributed by atoms with Gasteiger partial charge in [-0.2, -0.15) is 13.2 Å². The monoisotopic (exact) mass is 921 g/mol. The number of alkyl halides is 3. The van der Waals surface area contributed by atoms with Crippen molar-refractivity contribution in [2.24, 2.45) is 17.3 Å². The second kappa shape index (κ2) is 18.2. The summed E-state index contributed by atoms with van der Waals surface area (Å²) < 4.78 is 45.9. The number of ketones is 1. The van der Waals surface area contributed by atoms with Crippen molar-refractivity contribution >= 4 is 27.7 Å². The standard InChI is InChI=1S/C31H29F3N3O.C13H24O2.Ir/c1-18-17-35-28(21-13-19-9-7-8-10-22(19)23(14-21)29(2,3)4)37-27(18)20-11-12-24-25(15-20)38-26(36-24)16-30(5,6)31(32,33)34;1-5-10(6-2)12(14)9-13(15)11(7-3)8-4;/h7-12,14-15,17H,16H2,1-6H3;9-11,14H,5-8H2,1-4H3;/q-1;;/b;12-9-;. The molecule has 10 heteroatoms. The maximum atomic E-state index is 13.4.